The molecule has 3 saturated carbocycles. The normalized spacial score (nSPS) is 37.8. The van der Waals surface area contributed by atoms with Gasteiger partial charge in [-0.2, -0.15) is 5.10 Å². The third-order valence-electron chi connectivity index (χ3n) is 5.99. The SMILES string of the molecule is COCCn1ncc(Cl)c1C(NN)C1C2C3CCC(C3)C21. The van der Waals surface area contributed by atoms with E-state index in [1.54, 1.807) is 13.3 Å². The molecule has 4 rings (SSSR count). The Labute approximate surface area is 130 Å². The van der Waals surface area contributed by atoms with Crippen molar-refractivity contribution in [3.05, 3.63) is 16.9 Å². The standard InChI is InChI=1S/C15H23ClN4O/c1-21-5-4-20-15(10(16)7-18-20)14(19-17)13-11-8-2-3-9(6-8)12(11)13/h7-9,11-14,19H,2-6,17H2,1H3. The molecule has 3 aliphatic carbocycles. The van der Waals surface area contributed by atoms with Crippen molar-refractivity contribution in [2.24, 2.45) is 35.4 Å². The molecule has 0 spiro atoms. The van der Waals surface area contributed by atoms with Crippen molar-refractivity contribution in [2.75, 3.05) is 13.7 Å². The highest BCUT2D eigenvalue weighted by Gasteiger charge is 2.67. The number of hydrogen-bond donors (Lipinski definition) is 2. The van der Waals surface area contributed by atoms with Crippen molar-refractivity contribution in [3.8, 4) is 0 Å². The average Bonchev–Trinajstić information content (AvgIpc) is 2.80. The van der Waals surface area contributed by atoms with Gasteiger partial charge in [-0.3, -0.25) is 16.0 Å². The molecule has 116 valence electrons. The first kappa shape index (κ1) is 14.0. The molecule has 1 aromatic heterocycles. The van der Waals surface area contributed by atoms with E-state index in [0.717, 1.165) is 29.4 Å². The number of ether oxygens (including phenoxy) is 1. The maximum absolute atomic E-state index is 6.39. The van der Waals surface area contributed by atoms with Gasteiger partial charge in [0.15, 0.2) is 0 Å². The van der Waals surface area contributed by atoms with Gasteiger partial charge >= 0.3 is 0 Å². The van der Waals surface area contributed by atoms with Crippen LogP contribution in [-0.2, 0) is 11.3 Å². The third kappa shape index (κ3) is 2.05. The summed E-state index contributed by atoms with van der Waals surface area (Å²) in [6.07, 6.45) is 6.00. The van der Waals surface area contributed by atoms with Crippen LogP contribution in [0.2, 0.25) is 5.02 Å². The van der Waals surface area contributed by atoms with E-state index in [0.29, 0.717) is 24.1 Å². The Morgan fingerprint density at radius 1 is 1.48 bits per heavy atom. The molecule has 6 heteroatoms. The summed E-state index contributed by atoms with van der Waals surface area (Å²) >= 11 is 6.39. The van der Waals surface area contributed by atoms with Gasteiger partial charge in [-0.05, 0) is 48.9 Å². The van der Waals surface area contributed by atoms with Crippen LogP contribution in [0, 0.1) is 29.6 Å². The lowest BCUT2D eigenvalue weighted by Gasteiger charge is -2.21. The van der Waals surface area contributed by atoms with Crippen molar-refractivity contribution in [2.45, 2.75) is 31.8 Å². The van der Waals surface area contributed by atoms with Crippen molar-refractivity contribution >= 4 is 11.6 Å². The van der Waals surface area contributed by atoms with Crippen LogP contribution in [0.1, 0.15) is 31.0 Å². The molecule has 21 heavy (non-hydrogen) atoms. The van der Waals surface area contributed by atoms with Gasteiger partial charge in [0.2, 0.25) is 0 Å². The lowest BCUT2D eigenvalue weighted by Crippen LogP contribution is -2.33. The summed E-state index contributed by atoms with van der Waals surface area (Å²) in [6, 6.07) is 0.121. The molecule has 3 N–H and O–H groups in total. The van der Waals surface area contributed by atoms with Crippen LogP contribution in [0.25, 0.3) is 0 Å². The van der Waals surface area contributed by atoms with E-state index in [1.165, 1.54) is 19.3 Å². The van der Waals surface area contributed by atoms with Crippen LogP contribution in [0.4, 0.5) is 0 Å². The predicted octanol–water partition coefficient (Wildman–Crippen LogP) is 1.98. The number of nitrogens with two attached hydrogens (primary N) is 1. The van der Waals surface area contributed by atoms with Crippen molar-refractivity contribution < 1.29 is 4.74 Å². The molecule has 0 aliphatic heterocycles. The minimum absolute atomic E-state index is 0.121. The van der Waals surface area contributed by atoms with Crippen LogP contribution >= 0.6 is 11.6 Å². The first-order valence-electron chi connectivity index (χ1n) is 7.92. The zero-order chi connectivity index (χ0) is 14.6. The highest BCUT2D eigenvalue weighted by Crippen LogP contribution is 2.72. The van der Waals surface area contributed by atoms with E-state index in [4.69, 9.17) is 22.2 Å². The van der Waals surface area contributed by atoms with Crippen molar-refractivity contribution in [1.82, 2.24) is 15.2 Å². The van der Waals surface area contributed by atoms with E-state index in [-0.39, 0.29) is 6.04 Å². The quantitative estimate of drug-likeness (QED) is 0.623. The number of hydrazine groups is 1. The zero-order valence-corrected chi connectivity index (χ0v) is 13.1. The molecule has 5 nitrogen and oxygen atoms in total. The van der Waals surface area contributed by atoms with E-state index in [1.807, 2.05) is 4.68 Å². The Balaban J connectivity index is 1.58. The van der Waals surface area contributed by atoms with Crippen LogP contribution < -0.4 is 11.3 Å². The number of halogens is 1. The number of rotatable bonds is 6. The molecular weight excluding hydrogens is 288 g/mol. The van der Waals surface area contributed by atoms with Gasteiger partial charge in [-0.1, -0.05) is 11.6 Å². The highest BCUT2D eigenvalue weighted by atomic mass is 35.5. The first-order chi connectivity index (χ1) is 10.3. The first-order valence-corrected chi connectivity index (χ1v) is 8.30. The summed E-state index contributed by atoms with van der Waals surface area (Å²) in [5.74, 6) is 10.1. The number of nitrogens with zero attached hydrogens (tertiary/aromatic N) is 2. The topological polar surface area (TPSA) is 65.1 Å². The van der Waals surface area contributed by atoms with Gasteiger partial charge in [0.05, 0.1) is 36.1 Å². The average molecular weight is 311 g/mol. The van der Waals surface area contributed by atoms with E-state index < -0.39 is 0 Å². The van der Waals surface area contributed by atoms with Crippen molar-refractivity contribution in [1.29, 1.82) is 0 Å². The second-order valence-electron chi connectivity index (χ2n) is 6.80. The molecule has 0 radical (unpaired) electrons. The van der Waals surface area contributed by atoms with E-state index in [2.05, 4.69) is 10.5 Å². The molecule has 2 bridgehead atoms. The maximum atomic E-state index is 6.39. The predicted molar refractivity (Wildman–Crippen MR) is 80.5 cm³/mol. The van der Waals surface area contributed by atoms with Crippen LogP contribution in [-0.4, -0.2) is 23.5 Å². The van der Waals surface area contributed by atoms with Crippen LogP contribution in [0.3, 0.4) is 0 Å². The fourth-order valence-corrected chi connectivity index (χ4v) is 5.51. The second-order valence-corrected chi connectivity index (χ2v) is 7.21. The van der Waals surface area contributed by atoms with Gasteiger partial charge in [0.1, 0.15) is 0 Å². The van der Waals surface area contributed by atoms with Gasteiger partial charge in [-0.25, -0.2) is 0 Å². The molecule has 3 aliphatic rings. The largest absolute Gasteiger partial charge is 0.383 e. The Bertz CT molecular complexity index is 518. The molecule has 0 amide bonds. The summed E-state index contributed by atoms with van der Waals surface area (Å²) in [5.41, 5.74) is 4.07. The minimum Gasteiger partial charge on any atom is -0.383 e. The molecule has 3 fully saturated rings. The van der Waals surface area contributed by atoms with Gasteiger partial charge in [0, 0.05) is 7.11 Å². The van der Waals surface area contributed by atoms with Gasteiger partial charge in [-0.15, -0.1) is 0 Å². The number of fused-ring (bicyclic) bond motifs is 5. The molecule has 1 aromatic rings. The Morgan fingerprint density at radius 3 is 2.81 bits per heavy atom. The highest BCUT2D eigenvalue weighted by molar-refractivity contribution is 6.31. The van der Waals surface area contributed by atoms with E-state index in [9.17, 15) is 0 Å². The van der Waals surface area contributed by atoms with Crippen LogP contribution in [0.15, 0.2) is 6.20 Å². The Morgan fingerprint density at radius 2 is 2.19 bits per heavy atom. The minimum atomic E-state index is 0.121. The summed E-state index contributed by atoms with van der Waals surface area (Å²) in [6.45, 7) is 1.34. The Hall–Kier alpha value is -0.620. The van der Waals surface area contributed by atoms with E-state index >= 15 is 0 Å². The van der Waals surface area contributed by atoms with Crippen molar-refractivity contribution in [3.63, 3.8) is 0 Å². The molecule has 0 saturated heterocycles. The molecule has 0 aromatic carbocycles. The summed E-state index contributed by atoms with van der Waals surface area (Å²) in [5, 5.41) is 5.10. The monoisotopic (exact) mass is 310 g/mol. The zero-order valence-electron chi connectivity index (χ0n) is 12.3. The Kier molecular flexibility index (Phi) is 3.49. The summed E-state index contributed by atoms with van der Waals surface area (Å²) < 4.78 is 7.11. The molecular formula is C15H23ClN4O. The smallest absolute Gasteiger partial charge is 0.0834 e. The number of aromatic nitrogens is 2. The van der Waals surface area contributed by atoms with Gasteiger partial charge in [0.25, 0.3) is 0 Å². The maximum Gasteiger partial charge on any atom is 0.0834 e. The molecule has 5 unspecified atom stereocenters. The lowest BCUT2D eigenvalue weighted by atomic mass is 9.96. The number of nitrogens with one attached hydrogen (secondary N) is 1. The number of methoxy groups -OCH3 is 1. The molecule has 5 atom stereocenters. The third-order valence-corrected chi connectivity index (χ3v) is 6.29. The fraction of sp³-hybridized carbons (Fsp3) is 0.800. The fourth-order valence-electron chi connectivity index (χ4n) is 5.25. The summed E-state index contributed by atoms with van der Waals surface area (Å²) in [4.78, 5) is 0. The summed E-state index contributed by atoms with van der Waals surface area (Å²) in [7, 11) is 1.70. The second kappa shape index (κ2) is 5.23. The number of hydrogen-bond acceptors (Lipinski definition) is 4. The molecule has 1 heterocycles. The van der Waals surface area contributed by atoms with Gasteiger partial charge < -0.3 is 4.74 Å². The van der Waals surface area contributed by atoms with Crippen LogP contribution in [0.5, 0.6) is 0 Å². The lowest BCUT2D eigenvalue weighted by molar-refractivity contribution is 0.181.